The number of carbonyl (C=O) groups is 1. The molecule has 1 saturated heterocycles. The van der Waals surface area contributed by atoms with Crippen molar-refractivity contribution in [3.05, 3.63) is 12.2 Å². The molecule has 1 N–H and O–H groups in total. The van der Waals surface area contributed by atoms with E-state index in [1.807, 2.05) is 0 Å². The number of aliphatic hydroxyl groups excluding tert-OH is 1. The highest BCUT2D eigenvalue weighted by Gasteiger charge is 2.67. The summed E-state index contributed by atoms with van der Waals surface area (Å²) < 4.78 is 11.2. The maximum absolute atomic E-state index is 11.7. The van der Waals surface area contributed by atoms with Gasteiger partial charge in [0.05, 0.1) is 24.4 Å². The molecule has 4 fully saturated rings. The van der Waals surface area contributed by atoms with E-state index >= 15 is 0 Å². The van der Waals surface area contributed by atoms with Crippen molar-refractivity contribution in [2.45, 2.75) is 37.6 Å². The molecular weight excluding hydrogens is 232 g/mol. The average molecular weight is 250 g/mol. The van der Waals surface area contributed by atoms with Gasteiger partial charge in [-0.3, -0.25) is 0 Å². The fourth-order valence-electron chi connectivity index (χ4n) is 4.67. The number of aliphatic hydroxyl groups is 1. The van der Waals surface area contributed by atoms with Crippen LogP contribution in [0.15, 0.2) is 12.2 Å². The van der Waals surface area contributed by atoms with Crippen LogP contribution in [0.5, 0.6) is 0 Å². The predicted molar refractivity (Wildman–Crippen MR) is 62.6 cm³/mol. The van der Waals surface area contributed by atoms with Gasteiger partial charge in [0, 0.05) is 5.92 Å². The molecule has 18 heavy (non-hydrogen) atoms. The first-order valence-corrected chi connectivity index (χ1v) is 6.84. The summed E-state index contributed by atoms with van der Waals surface area (Å²) in [6.07, 6.45) is 4.39. The molecule has 1 aliphatic heterocycles. The molecule has 2 bridgehead atoms. The molecule has 0 radical (unpaired) electrons. The molecule has 4 heteroatoms. The van der Waals surface area contributed by atoms with Gasteiger partial charge in [0.15, 0.2) is 0 Å². The Hall–Kier alpha value is -0.870. The molecule has 0 aromatic carbocycles. The SMILES string of the molecule is C=C(CO)C(=O)OC1CC2CC1C1C2CC2O[C@@H]21. The lowest BCUT2D eigenvalue weighted by molar-refractivity contribution is -0.149. The van der Waals surface area contributed by atoms with Crippen LogP contribution < -0.4 is 0 Å². The van der Waals surface area contributed by atoms with E-state index < -0.39 is 5.97 Å². The second-order valence-electron chi connectivity index (χ2n) is 6.22. The highest BCUT2D eigenvalue weighted by molar-refractivity contribution is 5.88. The van der Waals surface area contributed by atoms with Gasteiger partial charge in [-0.05, 0) is 37.0 Å². The zero-order valence-electron chi connectivity index (χ0n) is 10.2. The second kappa shape index (κ2) is 3.58. The predicted octanol–water partition coefficient (Wildman–Crippen LogP) is 0.890. The lowest BCUT2D eigenvalue weighted by Crippen LogP contribution is -2.35. The molecule has 0 spiro atoms. The highest BCUT2D eigenvalue weighted by atomic mass is 16.6. The summed E-state index contributed by atoms with van der Waals surface area (Å²) in [5, 5.41) is 8.89. The van der Waals surface area contributed by atoms with Crippen molar-refractivity contribution in [1.29, 1.82) is 0 Å². The first kappa shape index (κ1) is 11.0. The molecule has 4 aliphatic rings. The molecule has 0 amide bonds. The Labute approximate surface area is 106 Å². The molecule has 4 nitrogen and oxygen atoms in total. The number of ether oxygens (including phenoxy) is 2. The van der Waals surface area contributed by atoms with Gasteiger partial charge in [-0.1, -0.05) is 6.58 Å². The fraction of sp³-hybridized carbons (Fsp3) is 0.786. The third kappa shape index (κ3) is 1.36. The molecule has 0 aromatic rings. The molecule has 98 valence electrons. The fourth-order valence-corrected chi connectivity index (χ4v) is 4.67. The van der Waals surface area contributed by atoms with Crippen LogP contribution in [0.25, 0.3) is 0 Å². The van der Waals surface area contributed by atoms with Crippen LogP contribution >= 0.6 is 0 Å². The minimum atomic E-state index is -0.433. The van der Waals surface area contributed by atoms with E-state index in [1.54, 1.807) is 0 Å². The van der Waals surface area contributed by atoms with E-state index in [9.17, 15) is 4.79 Å². The molecular formula is C14H18O4. The number of esters is 1. The third-order valence-electron chi connectivity index (χ3n) is 5.43. The molecule has 6 unspecified atom stereocenters. The van der Waals surface area contributed by atoms with Crippen LogP contribution in [-0.4, -0.2) is 36.0 Å². The Bertz CT molecular complexity index is 418. The number of epoxide rings is 1. The normalized spacial score (nSPS) is 50.8. The summed E-state index contributed by atoms with van der Waals surface area (Å²) in [6, 6.07) is 0. The topological polar surface area (TPSA) is 59.1 Å². The summed E-state index contributed by atoms with van der Waals surface area (Å²) in [5.74, 6) is 2.20. The van der Waals surface area contributed by atoms with E-state index in [0.29, 0.717) is 24.0 Å². The summed E-state index contributed by atoms with van der Waals surface area (Å²) in [7, 11) is 0. The summed E-state index contributed by atoms with van der Waals surface area (Å²) in [4.78, 5) is 11.7. The maximum atomic E-state index is 11.7. The number of hydrogen-bond acceptors (Lipinski definition) is 4. The quantitative estimate of drug-likeness (QED) is 0.459. The van der Waals surface area contributed by atoms with E-state index in [0.717, 1.165) is 18.3 Å². The standard InChI is InChI=1S/C14H18O4/c1-6(5-15)14(16)18-10-3-7-2-9(10)12-8(7)4-11-13(12)17-11/h7-13,15H,1-5H2/t7?,8?,9?,10?,11?,12?,13-/m0/s1. The van der Waals surface area contributed by atoms with Crippen LogP contribution in [0, 0.1) is 23.7 Å². The first-order valence-electron chi connectivity index (χ1n) is 6.84. The molecule has 3 saturated carbocycles. The minimum Gasteiger partial charge on any atom is -0.459 e. The second-order valence-corrected chi connectivity index (χ2v) is 6.22. The minimum absolute atomic E-state index is 0.0231. The van der Waals surface area contributed by atoms with Gasteiger partial charge in [0.2, 0.25) is 0 Å². The van der Waals surface area contributed by atoms with E-state index in [-0.39, 0.29) is 18.3 Å². The van der Waals surface area contributed by atoms with Crippen molar-refractivity contribution in [2.24, 2.45) is 23.7 Å². The largest absolute Gasteiger partial charge is 0.459 e. The molecule has 1 heterocycles. The first-order chi connectivity index (χ1) is 8.69. The number of fused-ring (bicyclic) bond motifs is 7. The van der Waals surface area contributed by atoms with Crippen LogP contribution in [-0.2, 0) is 14.3 Å². The van der Waals surface area contributed by atoms with Gasteiger partial charge < -0.3 is 14.6 Å². The third-order valence-corrected chi connectivity index (χ3v) is 5.43. The van der Waals surface area contributed by atoms with Crippen molar-refractivity contribution in [2.75, 3.05) is 6.61 Å². The Morgan fingerprint density at radius 3 is 2.94 bits per heavy atom. The molecule has 0 aromatic heterocycles. The number of rotatable bonds is 3. The number of carbonyl (C=O) groups excluding carboxylic acids is 1. The van der Waals surface area contributed by atoms with Crippen LogP contribution in [0.1, 0.15) is 19.3 Å². The van der Waals surface area contributed by atoms with Gasteiger partial charge in [-0.15, -0.1) is 0 Å². The van der Waals surface area contributed by atoms with Gasteiger partial charge in [0.25, 0.3) is 0 Å². The van der Waals surface area contributed by atoms with E-state index in [2.05, 4.69) is 6.58 Å². The van der Waals surface area contributed by atoms with Gasteiger partial charge in [0.1, 0.15) is 6.10 Å². The van der Waals surface area contributed by atoms with Crippen molar-refractivity contribution >= 4 is 5.97 Å². The zero-order valence-corrected chi connectivity index (χ0v) is 10.2. The maximum Gasteiger partial charge on any atom is 0.336 e. The molecule has 4 rings (SSSR count). The van der Waals surface area contributed by atoms with Crippen molar-refractivity contribution < 1.29 is 19.4 Å². The lowest BCUT2D eigenvalue weighted by Gasteiger charge is -2.32. The summed E-state index contributed by atoms with van der Waals surface area (Å²) in [6.45, 7) is 3.20. The monoisotopic (exact) mass is 250 g/mol. The molecule has 3 aliphatic carbocycles. The number of hydrogen-bond donors (Lipinski definition) is 1. The smallest absolute Gasteiger partial charge is 0.336 e. The Balaban J connectivity index is 1.46. The van der Waals surface area contributed by atoms with Crippen molar-refractivity contribution in [3.8, 4) is 0 Å². The molecule has 7 atom stereocenters. The average Bonchev–Trinajstić information content (AvgIpc) is 2.76. The Kier molecular flexibility index (Phi) is 2.19. The highest BCUT2D eigenvalue weighted by Crippen LogP contribution is 2.64. The van der Waals surface area contributed by atoms with Crippen LogP contribution in [0.2, 0.25) is 0 Å². The zero-order chi connectivity index (χ0) is 12.4. The summed E-state index contributed by atoms with van der Waals surface area (Å²) >= 11 is 0. The summed E-state index contributed by atoms with van der Waals surface area (Å²) in [5.41, 5.74) is 0.154. The Morgan fingerprint density at radius 2 is 2.17 bits per heavy atom. The van der Waals surface area contributed by atoms with Gasteiger partial charge in [-0.2, -0.15) is 0 Å². The van der Waals surface area contributed by atoms with Gasteiger partial charge >= 0.3 is 5.97 Å². The van der Waals surface area contributed by atoms with Crippen molar-refractivity contribution in [3.63, 3.8) is 0 Å². The van der Waals surface area contributed by atoms with E-state index in [1.165, 1.54) is 12.8 Å². The van der Waals surface area contributed by atoms with Crippen molar-refractivity contribution in [1.82, 2.24) is 0 Å². The Morgan fingerprint density at radius 1 is 1.33 bits per heavy atom. The van der Waals surface area contributed by atoms with E-state index in [4.69, 9.17) is 14.6 Å². The van der Waals surface area contributed by atoms with Crippen LogP contribution in [0.3, 0.4) is 0 Å². The lowest BCUT2D eigenvalue weighted by atomic mass is 9.79. The van der Waals surface area contributed by atoms with Gasteiger partial charge in [-0.25, -0.2) is 4.79 Å². The van der Waals surface area contributed by atoms with Crippen LogP contribution in [0.4, 0.5) is 0 Å².